The number of halogens is 1. The van der Waals surface area contributed by atoms with Crippen LogP contribution < -0.4 is 10.3 Å². The van der Waals surface area contributed by atoms with Crippen molar-refractivity contribution >= 4 is 27.8 Å². The molecule has 4 aliphatic rings. The van der Waals surface area contributed by atoms with Crippen molar-refractivity contribution in [2.75, 3.05) is 7.11 Å². The Morgan fingerprint density at radius 3 is 2.32 bits per heavy atom. The van der Waals surface area contributed by atoms with E-state index in [0.717, 1.165) is 33.6 Å². The summed E-state index contributed by atoms with van der Waals surface area (Å²) in [6.45, 7) is 1.90. The molecule has 34 heavy (non-hydrogen) atoms. The Morgan fingerprint density at radius 1 is 1.06 bits per heavy atom. The summed E-state index contributed by atoms with van der Waals surface area (Å²) < 4.78 is 7.95. The fourth-order valence-electron chi connectivity index (χ4n) is 7.21. The number of methoxy groups -OCH3 is 1. The third-order valence-corrected chi connectivity index (χ3v) is 8.86. The summed E-state index contributed by atoms with van der Waals surface area (Å²) in [5, 5.41) is 3.23. The van der Waals surface area contributed by atoms with Crippen LogP contribution in [0.1, 0.15) is 55.3 Å². The number of nitrogens with one attached hydrogen (secondary N) is 1. The van der Waals surface area contributed by atoms with E-state index in [4.69, 9.17) is 4.74 Å². The Bertz CT molecular complexity index is 1280. The molecule has 3 aromatic rings. The zero-order valence-electron chi connectivity index (χ0n) is 19.7. The van der Waals surface area contributed by atoms with Gasteiger partial charge >= 0.3 is 0 Å². The minimum Gasteiger partial charge on any atom is -0.494 e. The molecular weight excluding hydrogens is 490 g/mol. The first-order valence-electron chi connectivity index (χ1n) is 12.2. The van der Waals surface area contributed by atoms with E-state index >= 15 is 0 Å². The van der Waals surface area contributed by atoms with Crippen molar-refractivity contribution < 1.29 is 4.74 Å². The lowest BCUT2D eigenvalue weighted by Crippen LogP contribution is -2.48. The van der Waals surface area contributed by atoms with Gasteiger partial charge in [-0.05, 0) is 105 Å². The molecule has 176 valence electrons. The monoisotopic (exact) mass is 519 g/mol. The van der Waals surface area contributed by atoms with Gasteiger partial charge in [-0.15, -0.1) is 0 Å². The van der Waals surface area contributed by atoms with E-state index in [9.17, 15) is 4.79 Å². The molecule has 4 aliphatic carbocycles. The van der Waals surface area contributed by atoms with E-state index in [1.807, 2.05) is 25.1 Å². The van der Waals surface area contributed by atoms with Gasteiger partial charge in [0.05, 0.1) is 18.4 Å². The Hall–Kier alpha value is -2.60. The van der Waals surface area contributed by atoms with Crippen LogP contribution in [-0.4, -0.2) is 23.1 Å². The van der Waals surface area contributed by atoms with E-state index in [2.05, 4.69) is 50.3 Å². The SMILES string of the molecule is COc1cc(Br)ccc1N=Cc1c(C)[nH]n(-c2ccc(C34CC5CC(CC(C5)C3)C4)cc2)c1=O. The van der Waals surface area contributed by atoms with Gasteiger partial charge in [0.25, 0.3) is 5.56 Å². The molecular formula is C28H30BrN3O2. The third-order valence-electron chi connectivity index (χ3n) is 8.37. The van der Waals surface area contributed by atoms with Crippen LogP contribution in [0.5, 0.6) is 5.75 Å². The third kappa shape index (κ3) is 3.67. The van der Waals surface area contributed by atoms with E-state index in [1.54, 1.807) is 18.0 Å². The number of aromatic nitrogens is 2. The average Bonchev–Trinajstić information content (AvgIpc) is 3.10. The van der Waals surface area contributed by atoms with Gasteiger partial charge < -0.3 is 4.74 Å². The minimum absolute atomic E-state index is 0.0973. The molecule has 0 aliphatic heterocycles. The van der Waals surface area contributed by atoms with Gasteiger partial charge in [0, 0.05) is 16.4 Å². The van der Waals surface area contributed by atoms with Gasteiger partial charge in [0.15, 0.2) is 0 Å². The maximum Gasteiger partial charge on any atom is 0.280 e. The fraction of sp³-hybridized carbons (Fsp3) is 0.429. The highest BCUT2D eigenvalue weighted by Crippen LogP contribution is 2.60. The Kier molecular flexibility index (Phi) is 5.32. The number of ether oxygens (including phenoxy) is 1. The van der Waals surface area contributed by atoms with Crippen LogP contribution in [-0.2, 0) is 5.41 Å². The van der Waals surface area contributed by atoms with Gasteiger partial charge in [0.2, 0.25) is 0 Å². The quantitative estimate of drug-likeness (QED) is 0.393. The van der Waals surface area contributed by atoms with Crippen LogP contribution in [0.3, 0.4) is 0 Å². The first kappa shape index (κ1) is 21.9. The predicted molar refractivity (Wildman–Crippen MR) is 139 cm³/mol. The van der Waals surface area contributed by atoms with Crippen LogP contribution in [0.25, 0.3) is 5.69 Å². The normalized spacial score (nSPS) is 27.6. The molecule has 4 bridgehead atoms. The number of nitrogens with zero attached hydrogens (tertiary/aromatic N) is 2. The van der Waals surface area contributed by atoms with Gasteiger partial charge in [-0.2, -0.15) is 0 Å². The second-order valence-electron chi connectivity index (χ2n) is 10.6. The molecule has 4 fully saturated rings. The van der Waals surface area contributed by atoms with Crippen molar-refractivity contribution in [2.24, 2.45) is 22.7 Å². The fourth-order valence-corrected chi connectivity index (χ4v) is 7.55. The number of rotatable bonds is 5. The van der Waals surface area contributed by atoms with Crippen molar-refractivity contribution in [1.29, 1.82) is 0 Å². The number of aromatic amines is 1. The van der Waals surface area contributed by atoms with Gasteiger partial charge in [-0.25, -0.2) is 4.68 Å². The van der Waals surface area contributed by atoms with Crippen LogP contribution in [0, 0.1) is 24.7 Å². The largest absolute Gasteiger partial charge is 0.494 e. The lowest BCUT2D eigenvalue weighted by atomic mass is 9.48. The summed E-state index contributed by atoms with van der Waals surface area (Å²) in [6, 6.07) is 14.4. The maximum atomic E-state index is 13.2. The summed E-state index contributed by atoms with van der Waals surface area (Å²) >= 11 is 3.44. The molecule has 4 saturated carbocycles. The van der Waals surface area contributed by atoms with Crippen molar-refractivity contribution in [2.45, 2.75) is 50.9 Å². The van der Waals surface area contributed by atoms with E-state index < -0.39 is 0 Å². The van der Waals surface area contributed by atoms with Gasteiger partial charge in [-0.3, -0.25) is 14.9 Å². The first-order valence-corrected chi connectivity index (χ1v) is 13.0. The number of hydrogen-bond donors (Lipinski definition) is 1. The van der Waals surface area contributed by atoms with Crippen molar-refractivity contribution in [3.8, 4) is 11.4 Å². The van der Waals surface area contributed by atoms with Gasteiger partial charge in [-0.1, -0.05) is 28.1 Å². The van der Waals surface area contributed by atoms with E-state index in [0.29, 0.717) is 22.4 Å². The molecule has 0 atom stereocenters. The van der Waals surface area contributed by atoms with Crippen molar-refractivity contribution in [1.82, 2.24) is 9.78 Å². The first-order chi connectivity index (χ1) is 16.4. The summed E-state index contributed by atoms with van der Waals surface area (Å²) in [5.41, 5.74) is 4.62. The molecule has 1 aromatic heterocycles. The smallest absolute Gasteiger partial charge is 0.280 e. The molecule has 2 aromatic carbocycles. The summed E-state index contributed by atoms with van der Waals surface area (Å²) in [5.74, 6) is 3.42. The van der Waals surface area contributed by atoms with E-state index in [-0.39, 0.29) is 5.56 Å². The number of hydrogen-bond acceptors (Lipinski definition) is 3. The molecule has 5 nitrogen and oxygen atoms in total. The molecule has 1 N–H and O–H groups in total. The van der Waals surface area contributed by atoms with Crippen molar-refractivity contribution in [3.63, 3.8) is 0 Å². The molecule has 0 unspecified atom stereocenters. The molecule has 7 rings (SSSR count). The average molecular weight is 520 g/mol. The molecule has 0 radical (unpaired) electrons. The molecule has 1 heterocycles. The lowest BCUT2D eigenvalue weighted by molar-refractivity contribution is -0.00518. The highest BCUT2D eigenvalue weighted by Gasteiger charge is 2.51. The highest BCUT2D eigenvalue weighted by atomic mass is 79.9. The number of aryl methyl sites for hydroxylation is 1. The summed E-state index contributed by atoms with van der Waals surface area (Å²) in [6.07, 6.45) is 10.0. The highest BCUT2D eigenvalue weighted by molar-refractivity contribution is 9.10. The Labute approximate surface area is 208 Å². The lowest BCUT2D eigenvalue weighted by Gasteiger charge is -2.57. The van der Waals surface area contributed by atoms with Gasteiger partial charge in [0.1, 0.15) is 11.4 Å². The standard InChI is InChI=1S/C28H30BrN3O2/c1-17-24(16-30-25-8-5-22(29)12-26(25)34-2)27(33)32(31-17)23-6-3-21(4-7-23)28-13-18-9-19(14-28)11-20(10-18)15-28/h3-8,12,16,18-20,31H,9-11,13-15H2,1-2H3. The van der Waals surface area contributed by atoms with Crippen LogP contribution in [0.4, 0.5) is 5.69 Å². The topological polar surface area (TPSA) is 59.4 Å². The minimum atomic E-state index is -0.0973. The Balaban J connectivity index is 1.28. The zero-order chi connectivity index (χ0) is 23.4. The zero-order valence-corrected chi connectivity index (χ0v) is 21.3. The van der Waals surface area contributed by atoms with Crippen LogP contribution in [0.2, 0.25) is 0 Å². The Morgan fingerprint density at radius 2 is 1.71 bits per heavy atom. The van der Waals surface area contributed by atoms with Crippen molar-refractivity contribution in [3.05, 3.63) is 74.1 Å². The second kappa shape index (κ2) is 8.26. The second-order valence-corrected chi connectivity index (χ2v) is 11.5. The summed E-state index contributed by atoms with van der Waals surface area (Å²) in [7, 11) is 1.61. The van der Waals surface area contributed by atoms with Crippen LogP contribution in [0.15, 0.2) is 56.7 Å². The number of aliphatic imine (C=N–C) groups is 1. The van der Waals surface area contributed by atoms with E-state index in [1.165, 1.54) is 44.1 Å². The maximum absolute atomic E-state index is 13.2. The number of H-pyrrole nitrogens is 1. The van der Waals surface area contributed by atoms with Crippen LogP contribution >= 0.6 is 15.9 Å². The number of benzene rings is 2. The predicted octanol–water partition coefficient (Wildman–Crippen LogP) is 6.46. The molecule has 0 spiro atoms. The molecule has 6 heteroatoms. The molecule has 0 saturated heterocycles. The molecule has 0 amide bonds. The summed E-state index contributed by atoms with van der Waals surface area (Å²) in [4.78, 5) is 17.8.